The van der Waals surface area contributed by atoms with Gasteiger partial charge in [0, 0.05) is 43.2 Å². The molecule has 33 heavy (non-hydrogen) atoms. The standard InChI is InChI=1S/C23H28ClN3O5S/c1-32-20-11-8-18(23(29)25-12-14-27-13-4-2-3-5-22(27)28)15-21(20)33(30,31)26-16-17-6-9-19(24)10-7-17/h6-11,15,26H,2-5,12-14,16H2,1H3,(H,25,29). The fourth-order valence-electron chi connectivity index (χ4n) is 3.57. The zero-order valence-corrected chi connectivity index (χ0v) is 20.0. The summed E-state index contributed by atoms with van der Waals surface area (Å²) in [7, 11) is -2.59. The van der Waals surface area contributed by atoms with Crippen LogP contribution in [0.3, 0.4) is 0 Å². The van der Waals surface area contributed by atoms with E-state index in [1.165, 1.54) is 25.3 Å². The lowest BCUT2D eigenvalue weighted by atomic mass is 10.2. The van der Waals surface area contributed by atoms with Gasteiger partial charge < -0.3 is 15.0 Å². The molecule has 0 saturated carbocycles. The molecule has 0 aromatic heterocycles. The molecule has 0 spiro atoms. The van der Waals surface area contributed by atoms with Crippen molar-refractivity contribution in [2.75, 3.05) is 26.7 Å². The minimum atomic E-state index is -3.96. The molecular weight excluding hydrogens is 466 g/mol. The van der Waals surface area contributed by atoms with Crippen LogP contribution in [0, 0.1) is 0 Å². The number of sulfonamides is 1. The summed E-state index contributed by atoms with van der Waals surface area (Å²) < 4.78 is 33.6. The Hall–Kier alpha value is -2.62. The number of carbonyl (C=O) groups excluding carboxylic acids is 2. The molecule has 2 N–H and O–H groups in total. The number of nitrogens with zero attached hydrogens (tertiary/aromatic N) is 1. The van der Waals surface area contributed by atoms with Gasteiger partial charge in [-0.05, 0) is 48.7 Å². The average Bonchev–Trinajstić information content (AvgIpc) is 3.02. The maximum atomic E-state index is 12.9. The number of methoxy groups -OCH3 is 1. The van der Waals surface area contributed by atoms with Crippen molar-refractivity contribution in [1.82, 2.24) is 14.9 Å². The fraction of sp³-hybridized carbons (Fsp3) is 0.391. The third kappa shape index (κ3) is 6.93. The predicted molar refractivity (Wildman–Crippen MR) is 126 cm³/mol. The molecule has 178 valence electrons. The maximum absolute atomic E-state index is 12.9. The number of hydrogen-bond donors (Lipinski definition) is 2. The normalized spacial score (nSPS) is 14.6. The number of carbonyl (C=O) groups is 2. The SMILES string of the molecule is COc1ccc(C(=O)NCCN2CCCCCC2=O)cc1S(=O)(=O)NCc1ccc(Cl)cc1. The van der Waals surface area contributed by atoms with Crippen LogP contribution in [0.2, 0.25) is 5.02 Å². The number of rotatable bonds is 9. The van der Waals surface area contributed by atoms with Gasteiger partial charge in [0.2, 0.25) is 15.9 Å². The van der Waals surface area contributed by atoms with E-state index < -0.39 is 15.9 Å². The Morgan fingerprint density at radius 3 is 2.61 bits per heavy atom. The zero-order valence-electron chi connectivity index (χ0n) is 18.5. The molecule has 2 amide bonds. The molecule has 0 atom stereocenters. The van der Waals surface area contributed by atoms with Gasteiger partial charge >= 0.3 is 0 Å². The lowest BCUT2D eigenvalue weighted by molar-refractivity contribution is -0.130. The van der Waals surface area contributed by atoms with Crippen molar-refractivity contribution in [2.24, 2.45) is 0 Å². The summed E-state index contributed by atoms with van der Waals surface area (Å²) in [5.74, 6) is -0.189. The minimum Gasteiger partial charge on any atom is -0.495 e. The summed E-state index contributed by atoms with van der Waals surface area (Å²) in [6.07, 6.45) is 3.43. The van der Waals surface area contributed by atoms with Gasteiger partial charge in [-0.25, -0.2) is 13.1 Å². The Morgan fingerprint density at radius 2 is 1.88 bits per heavy atom. The van der Waals surface area contributed by atoms with Crippen molar-refractivity contribution in [3.63, 3.8) is 0 Å². The summed E-state index contributed by atoms with van der Waals surface area (Å²) in [5, 5.41) is 3.32. The molecular formula is C23H28ClN3O5S. The third-order valence-electron chi connectivity index (χ3n) is 5.43. The van der Waals surface area contributed by atoms with Crippen LogP contribution in [0.1, 0.15) is 41.6 Å². The van der Waals surface area contributed by atoms with Gasteiger partial charge in [-0.2, -0.15) is 0 Å². The van der Waals surface area contributed by atoms with E-state index in [4.69, 9.17) is 16.3 Å². The van der Waals surface area contributed by atoms with Crippen LogP contribution in [0.25, 0.3) is 0 Å². The highest BCUT2D eigenvalue weighted by atomic mass is 35.5. The Bertz CT molecular complexity index is 1090. The van der Waals surface area contributed by atoms with Gasteiger partial charge in [0.25, 0.3) is 5.91 Å². The summed E-state index contributed by atoms with van der Waals surface area (Å²) >= 11 is 5.87. The number of benzene rings is 2. The molecule has 0 bridgehead atoms. The fourth-order valence-corrected chi connectivity index (χ4v) is 4.90. The van der Waals surface area contributed by atoms with Crippen molar-refractivity contribution in [2.45, 2.75) is 37.1 Å². The van der Waals surface area contributed by atoms with E-state index in [1.54, 1.807) is 29.2 Å². The van der Waals surface area contributed by atoms with Crippen molar-refractivity contribution in [3.8, 4) is 5.75 Å². The first-order chi connectivity index (χ1) is 15.8. The quantitative estimate of drug-likeness (QED) is 0.558. The molecule has 10 heteroatoms. The third-order valence-corrected chi connectivity index (χ3v) is 7.11. The molecule has 8 nitrogen and oxygen atoms in total. The first kappa shape index (κ1) is 25.0. The highest BCUT2D eigenvalue weighted by molar-refractivity contribution is 7.89. The second kappa shape index (κ2) is 11.5. The zero-order chi connectivity index (χ0) is 23.8. The van der Waals surface area contributed by atoms with Crippen LogP contribution in [-0.2, 0) is 21.4 Å². The van der Waals surface area contributed by atoms with Crippen molar-refractivity contribution in [3.05, 3.63) is 58.6 Å². The number of ether oxygens (including phenoxy) is 1. The number of hydrogen-bond acceptors (Lipinski definition) is 5. The summed E-state index contributed by atoms with van der Waals surface area (Å²) in [6.45, 7) is 1.46. The van der Waals surface area contributed by atoms with E-state index in [0.717, 1.165) is 24.8 Å². The number of likely N-dealkylation sites (tertiary alicyclic amines) is 1. The number of nitrogens with one attached hydrogen (secondary N) is 2. The smallest absolute Gasteiger partial charge is 0.251 e. The lowest BCUT2D eigenvalue weighted by Crippen LogP contribution is -2.38. The Kier molecular flexibility index (Phi) is 8.71. The molecule has 1 aliphatic heterocycles. The second-order valence-corrected chi connectivity index (χ2v) is 9.94. The number of amides is 2. The van der Waals surface area contributed by atoms with E-state index in [0.29, 0.717) is 24.5 Å². The van der Waals surface area contributed by atoms with Gasteiger partial charge in [-0.15, -0.1) is 0 Å². The van der Waals surface area contributed by atoms with E-state index in [9.17, 15) is 18.0 Å². The Labute approximate surface area is 199 Å². The minimum absolute atomic E-state index is 0.0585. The number of halogens is 1. The topological polar surface area (TPSA) is 105 Å². The molecule has 3 rings (SSSR count). The molecule has 1 saturated heterocycles. The molecule has 0 aliphatic carbocycles. The van der Waals surface area contributed by atoms with E-state index >= 15 is 0 Å². The van der Waals surface area contributed by atoms with Crippen molar-refractivity contribution >= 4 is 33.4 Å². The van der Waals surface area contributed by atoms with E-state index in [2.05, 4.69) is 10.0 Å². The monoisotopic (exact) mass is 493 g/mol. The van der Waals surface area contributed by atoms with Crippen LogP contribution < -0.4 is 14.8 Å². The highest BCUT2D eigenvalue weighted by Gasteiger charge is 2.22. The maximum Gasteiger partial charge on any atom is 0.251 e. The first-order valence-corrected chi connectivity index (χ1v) is 12.6. The first-order valence-electron chi connectivity index (χ1n) is 10.8. The Morgan fingerprint density at radius 1 is 1.12 bits per heavy atom. The lowest BCUT2D eigenvalue weighted by Gasteiger charge is -2.20. The van der Waals surface area contributed by atoms with Gasteiger partial charge in [-0.1, -0.05) is 30.2 Å². The van der Waals surface area contributed by atoms with Crippen LogP contribution in [0.15, 0.2) is 47.4 Å². The van der Waals surface area contributed by atoms with E-state index in [1.807, 2.05) is 0 Å². The molecule has 0 radical (unpaired) electrons. The molecule has 1 heterocycles. The molecule has 2 aromatic rings. The highest BCUT2D eigenvalue weighted by Crippen LogP contribution is 2.25. The summed E-state index contributed by atoms with van der Waals surface area (Å²) in [5.41, 5.74) is 0.920. The largest absolute Gasteiger partial charge is 0.495 e. The van der Waals surface area contributed by atoms with Crippen LogP contribution in [-0.4, -0.2) is 51.9 Å². The molecule has 2 aromatic carbocycles. The Balaban J connectivity index is 1.66. The average molecular weight is 494 g/mol. The molecule has 1 fully saturated rings. The predicted octanol–water partition coefficient (Wildman–Crippen LogP) is 2.96. The molecule has 0 unspecified atom stereocenters. The van der Waals surface area contributed by atoms with E-state index in [-0.39, 0.29) is 35.2 Å². The van der Waals surface area contributed by atoms with Crippen molar-refractivity contribution < 1.29 is 22.7 Å². The van der Waals surface area contributed by atoms with Crippen LogP contribution >= 0.6 is 11.6 Å². The van der Waals surface area contributed by atoms with Crippen LogP contribution in [0.4, 0.5) is 0 Å². The summed E-state index contributed by atoms with van der Waals surface area (Å²) in [4.78, 5) is 26.4. The van der Waals surface area contributed by atoms with Gasteiger partial charge in [0.05, 0.1) is 7.11 Å². The van der Waals surface area contributed by atoms with Gasteiger partial charge in [0.1, 0.15) is 10.6 Å². The van der Waals surface area contributed by atoms with Crippen LogP contribution in [0.5, 0.6) is 5.75 Å². The van der Waals surface area contributed by atoms with Crippen molar-refractivity contribution in [1.29, 1.82) is 0 Å². The summed E-state index contributed by atoms with van der Waals surface area (Å²) in [6, 6.07) is 11.0. The second-order valence-electron chi connectivity index (χ2n) is 7.76. The molecule has 1 aliphatic rings. The van der Waals surface area contributed by atoms with Gasteiger partial charge in [0.15, 0.2) is 0 Å². The van der Waals surface area contributed by atoms with Gasteiger partial charge in [-0.3, -0.25) is 9.59 Å².